The predicted octanol–water partition coefficient (Wildman–Crippen LogP) is 3.24. The van der Waals surface area contributed by atoms with E-state index in [0.29, 0.717) is 6.04 Å². The Morgan fingerprint density at radius 3 is 2.79 bits per heavy atom. The van der Waals surface area contributed by atoms with Gasteiger partial charge in [-0.3, -0.25) is 4.79 Å². The zero-order valence-electron chi connectivity index (χ0n) is 13.0. The first-order valence-electron chi connectivity index (χ1n) is 8.21. The molecule has 3 heteroatoms. The maximum Gasteiger partial charge on any atom is 0.237 e. The van der Waals surface area contributed by atoms with Crippen LogP contribution in [0.3, 0.4) is 0 Å². The number of carbonyl (C=O) groups is 1. The fraction of sp³-hybridized carbons (Fsp3) is 0.938. The third kappa shape index (κ3) is 6.42. The van der Waals surface area contributed by atoms with Crippen LogP contribution in [0.1, 0.15) is 72.1 Å². The molecular formula is C16H32N2O. The smallest absolute Gasteiger partial charge is 0.237 e. The molecule has 0 aromatic carbocycles. The summed E-state index contributed by atoms with van der Waals surface area (Å²) in [7, 11) is 0. The van der Waals surface area contributed by atoms with Crippen LogP contribution in [0, 0.1) is 5.92 Å². The monoisotopic (exact) mass is 268 g/mol. The first kappa shape index (κ1) is 16.5. The van der Waals surface area contributed by atoms with E-state index in [1.54, 1.807) is 0 Å². The second-order valence-electron chi connectivity index (χ2n) is 6.06. The summed E-state index contributed by atoms with van der Waals surface area (Å²) in [4.78, 5) is 12.2. The number of piperidine rings is 1. The maximum absolute atomic E-state index is 12.2. The summed E-state index contributed by atoms with van der Waals surface area (Å²) in [6, 6.07) is 0.352. The highest BCUT2D eigenvalue weighted by atomic mass is 16.2. The topological polar surface area (TPSA) is 41.1 Å². The molecular weight excluding hydrogens is 236 g/mol. The average molecular weight is 268 g/mol. The molecule has 2 N–H and O–H groups in total. The number of hydrogen-bond acceptors (Lipinski definition) is 2. The molecule has 3 unspecified atom stereocenters. The molecule has 0 aromatic heterocycles. The van der Waals surface area contributed by atoms with Crippen molar-refractivity contribution in [1.82, 2.24) is 10.6 Å². The van der Waals surface area contributed by atoms with E-state index in [2.05, 4.69) is 31.4 Å². The Morgan fingerprint density at radius 2 is 2.11 bits per heavy atom. The van der Waals surface area contributed by atoms with Gasteiger partial charge in [0.1, 0.15) is 0 Å². The van der Waals surface area contributed by atoms with Crippen molar-refractivity contribution in [2.45, 2.75) is 84.2 Å². The molecule has 112 valence electrons. The van der Waals surface area contributed by atoms with Crippen LogP contribution < -0.4 is 10.6 Å². The second-order valence-corrected chi connectivity index (χ2v) is 6.06. The predicted molar refractivity (Wildman–Crippen MR) is 81.2 cm³/mol. The van der Waals surface area contributed by atoms with Gasteiger partial charge in [-0.25, -0.2) is 0 Å². The van der Waals surface area contributed by atoms with Crippen molar-refractivity contribution in [2.75, 3.05) is 6.54 Å². The van der Waals surface area contributed by atoms with Crippen LogP contribution in [0.25, 0.3) is 0 Å². The lowest BCUT2D eigenvalue weighted by Crippen LogP contribution is -2.50. The van der Waals surface area contributed by atoms with Crippen molar-refractivity contribution in [3.63, 3.8) is 0 Å². The van der Waals surface area contributed by atoms with Crippen molar-refractivity contribution in [3.05, 3.63) is 0 Å². The molecule has 1 fully saturated rings. The highest BCUT2D eigenvalue weighted by Gasteiger charge is 2.26. The molecule has 3 atom stereocenters. The lowest BCUT2D eigenvalue weighted by atomic mass is 9.90. The van der Waals surface area contributed by atoms with Crippen LogP contribution in [0.5, 0.6) is 0 Å². The molecule has 1 rings (SSSR count). The van der Waals surface area contributed by atoms with Crippen LogP contribution >= 0.6 is 0 Å². The summed E-state index contributed by atoms with van der Waals surface area (Å²) < 4.78 is 0. The summed E-state index contributed by atoms with van der Waals surface area (Å²) in [6.07, 6.45) is 9.61. The van der Waals surface area contributed by atoms with Crippen molar-refractivity contribution >= 4 is 5.91 Å². The highest BCUT2D eigenvalue weighted by Crippen LogP contribution is 2.19. The molecule has 19 heavy (non-hydrogen) atoms. The molecule has 3 nitrogen and oxygen atoms in total. The van der Waals surface area contributed by atoms with Gasteiger partial charge in [-0.1, -0.05) is 46.0 Å². The fourth-order valence-electron chi connectivity index (χ4n) is 2.86. The van der Waals surface area contributed by atoms with Crippen molar-refractivity contribution in [1.29, 1.82) is 0 Å². The van der Waals surface area contributed by atoms with Crippen LogP contribution in [0.4, 0.5) is 0 Å². The quantitative estimate of drug-likeness (QED) is 0.664. The van der Waals surface area contributed by atoms with E-state index >= 15 is 0 Å². The minimum Gasteiger partial charge on any atom is -0.352 e. The minimum atomic E-state index is 0.0387. The Hall–Kier alpha value is -0.570. The lowest BCUT2D eigenvalue weighted by molar-refractivity contribution is -0.124. The van der Waals surface area contributed by atoms with Crippen molar-refractivity contribution in [3.8, 4) is 0 Å². The Kier molecular flexibility index (Phi) is 8.11. The van der Waals surface area contributed by atoms with Crippen molar-refractivity contribution < 1.29 is 4.79 Å². The third-order valence-corrected chi connectivity index (χ3v) is 4.29. The van der Waals surface area contributed by atoms with Crippen LogP contribution in [0.15, 0.2) is 0 Å². The van der Waals surface area contributed by atoms with Gasteiger partial charge in [0.2, 0.25) is 5.91 Å². The summed E-state index contributed by atoms with van der Waals surface area (Å²) in [5, 5.41) is 6.52. The van der Waals surface area contributed by atoms with E-state index in [-0.39, 0.29) is 11.9 Å². The number of rotatable bonds is 8. The molecule has 1 saturated heterocycles. The first-order valence-corrected chi connectivity index (χ1v) is 8.21. The number of amides is 1. The molecule has 1 heterocycles. The van der Waals surface area contributed by atoms with E-state index < -0.39 is 0 Å². The molecule has 0 aliphatic carbocycles. The van der Waals surface area contributed by atoms with Gasteiger partial charge in [0.05, 0.1) is 6.04 Å². The van der Waals surface area contributed by atoms with E-state index in [0.717, 1.165) is 25.3 Å². The van der Waals surface area contributed by atoms with Crippen LogP contribution in [-0.4, -0.2) is 24.5 Å². The molecule has 0 saturated carbocycles. The van der Waals surface area contributed by atoms with E-state index in [1.165, 1.54) is 38.5 Å². The summed E-state index contributed by atoms with van der Waals surface area (Å²) in [6.45, 7) is 7.57. The Labute approximate surface area is 118 Å². The molecule has 0 radical (unpaired) electrons. The fourth-order valence-corrected chi connectivity index (χ4v) is 2.86. The summed E-state index contributed by atoms with van der Waals surface area (Å²) in [5.74, 6) is 0.929. The maximum atomic E-state index is 12.2. The molecule has 0 bridgehead atoms. The zero-order chi connectivity index (χ0) is 14.1. The van der Waals surface area contributed by atoms with E-state index in [4.69, 9.17) is 0 Å². The largest absolute Gasteiger partial charge is 0.352 e. The van der Waals surface area contributed by atoms with Gasteiger partial charge in [0, 0.05) is 6.04 Å². The SMILES string of the molecule is CCCCCCC(C)NC(=O)C1CC(CC)CCN1. The summed E-state index contributed by atoms with van der Waals surface area (Å²) in [5.41, 5.74) is 0. The Morgan fingerprint density at radius 1 is 1.32 bits per heavy atom. The average Bonchev–Trinajstić information content (AvgIpc) is 2.43. The molecule has 0 aromatic rings. The van der Waals surface area contributed by atoms with Gasteiger partial charge < -0.3 is 10.6 Å². The van der Waals surface area contributed by atoms with Crippen LogP contribution in [0.2, 0.25) is 0 Å². The van der Waals surface area contributed by atoms with Crippen molar-refractivity contribution in [2.24, 2.45) is 5.92 Å². The minimum absolute atomic E-state index is 0.0387. The second kappa shape index (κ2) is 9.35. The Balaban J connectivity index is 2.21. The van der Waals surface area contributed by atoms with Gasteiger partial charge in [0.15, 0.2) is 0 Å². The number of hydrogen-bond donors (Lipinski definition) is 2. The highest BCUT2D eigenvalue weighted by molar-refractivity contribution is 5.82. The van der Waals surface area contributed by atoms with Gasteiger partial charge >= 0.3 is 0 Å². The van der Waals surface area contributed by atoms with Gasteiger partial charge in [-0.15, -0.1) is 0 Å². The van der Waals surface area contributed by atoms with Crippen LogP contribution in [-0.2, 0) is 4.79 Å². The summed E-state index contributed by atoms with van der Waals surface area (Å²) >= 11 is 0. The number of unbranched alkanes of at least 4 members (excludes halogenated alkanes) is 3. The standard InChI is InChI=1S/C16H32N2O/c1-4-6-7-8-9-13(3)18-16(19)15-12-14(5-2)10-11-17-15/h13-15,17H,4-12H2,1-3H3,(H,18,19). The number of carbonyl (C=O) groups excluding carboxylic acids is 1. The van der Waals surface area contributed by atoms with Gasteiger partial charge in [0.25, 0.3) is 0 Å². The van der Waals surface area contributed by atoms with Gasteiger partial charge in [-0.2, -0.15) is 0 Å². The van der Waals surface area contributed by atoms with Gasteiger partial charge in [-0.05, 0) is 38.6 Å². The van der Waals surface area contributed by atoms with E-state index in [1.807, 2.05) is 0 Å². The molecule has 0 spiro atoms. The zero-order valence-corrected chi connectivity index (χ0v) is 13.0. The first-order chi connectivity index (χ1) is 9.17. The number of nitrogens with one attached hydrogen (secondary N) is 2. The molecule has 1 aliphatic heterocycles. The Bertz CT molecular complexity index is 255. The molecule has 1 aliphatic rings. The normalized spacial score (nSPS) is 25.0. The molecule has 1 amide bonds. The lowest BCUT2D eigenvalue weighted by Gasteiger charge is -2.29. The third-order valence-electron chi connectivity index (χ3n) is 4.29. The van der Waals surface area contributed by atoms with E-state index in [9.17, 15) is 4.79 Å².